The van der Waals surface area contributed by atoms with E-state index in [0.29, 0.717) is 6.42 Å². The molecule has 14 heavy (non-hydrogen) atoms. The number of imidazole rings is 1. The molecule has 0 unspecified atom stereocenters. The number of esters is 1. The van der Waals surface area contributed by atoms with Crippen molar-refractivity contribution < 1.29 is 14.6 Å². The van der Waals surface area contributed by atoms with Gasteiger partial charge in [-0.05, 0) is 0 Å². The SMILES string of the molecule is C=CC(=O)OCCCO.c1c[nH]cn1. The van der Waals surface area contributed by atoms with Crippen LogP contribution in [0.3, 0.4) is 0 Å². The summed E-state index contributed by atoms with van der Waals surface area (Å²) in [7, 11) is 0. The predicted octanol–water partition coefficient (Wildman–Crippen LogP) is 0.508. The van der Waals surface area contributed by atoms with E-state index in [2.05, 4.69) is 21.3 Å². The Labute approximate surface area is 82.4 Å². The van der Waals surface area contributed by atoms with Crippen LogP contribution in [0.1, 0.15) is 6.42 Å². The van der Waals surface area contributed by atoms with Gasteiger partial charge in [-0.2, -0.15) is 0 Å². The fourth-order valence-electron chi connectivity index (χ4n) is 0.511. The number of nitrogens with one attached hydrogen (secondary N) is 1. The molecule has 78 valence electrons. The van der Waals surface area contributed by atoms with E-state index >= 15 is 0 Å². The van der Waals surface area contributed by atoms with Gasteiger partial charge in [-0.3, -0.25) is 0 Å². The van der Waals surface area contributed by atoms with Crippen molar-refractivity contribution in [3.8, 4) is 0 Å². The standard InChI is InChI=1S/C6H10O3.C3H4N2/c1-2-6(8)9-5-3-4-7;1-2-5-3-4-1/h2,7H,1,3-5H2;1-3H,(H,4,5). The molecule has 0 radical (unpaired) electrons. The zero-order chi connectivity index (χ0) is 10.6. The average Bonchev–Trinajstić information content (AvgIpc) is 2.76. The third-order valence-corrected chi connectivity index (χ3v) is 1.12. The molecule has 0 amide bonds. The lowest BCUT2D eigenvalue weighted by Gasteiger charge is -1.96. The van der Waals surface area contributed by atoms with Crippen molar-refractivity contribution in [1.29, 1.82) is 0 Å². The number of carbonyl (C=O) groups is 1. The lowest BCUT2D eigenvalue weighted by molar-refractivity contribution is -0.137. The van der Waals surface area contributed by atoms with E-state index in [4.69, 9.17) is 5.11 Å². The van der Waals surface area contributed by atoms with Crippen molar-refractivity contribution in [3.63, 3.8) is 0 Å². The summed E-state index contributed by atoms with van der Waals surface area (Å²) in [6, 6.07) is 0. The molecule has 0 fully saturated rings. The van der Waals surface area contributed by atoms with Crippen LogP contribution in [0.2, 0.25) is 0 Å². The van der Waals surface area contributed by atoms with Crippen LogP contribution in [-0.4, -0.2) is 34.3 Å². The molecule has 1 aromatic rings. The normalized spacial score (nSPS) is 8.36. The highest BCUT2D eigenvalue weighted by atomic mass is 16.5. The lowest BCUT2D eigenvalue weighted by atomic mass is 10.5. The first kappa shape index (κ1) is 12.4. The summed E-state index contributed by atoms with van der Waals surface area (Å²) < 4.78 is 4.51. The first-order valence-corrected chi connectivity index (χ1v) is 4.14. The fourth-order valence-corrected chi connectivity index (χ4v) is 0.511. The molecule has 0 aromatic carbocycles. The van der Waals surface area contributed by atoms with Gasteiger partial charge in [0.15, 0.2) is 0 Å². The van der Waals surface area contributed by atoms with Crippen molar-refractivity contribution >= 4 is 5.97 Å². The number of aromatic nitrogens is 2. The van der Waals surface area contributed by atoms with Gasteiger partial charge in [-0.1, -0.05) is 6.58 Å². The van der Waals surface area contributed by atoms with Gasteiger partial charge in [0.25, 0.3) is 0 Å². The highest BCUT2D eigenvalue weighted by Crippen LogP contribution is 1.82. The van der Waals surface area contributed by atoms with Crippen LogP contribution in [0.25, 0.3) is 0 Å². The predicted molar refractivity (Wildman–Crippen MR) is 51.4 cm³/mol. The van der Waals surface area contributed by atoms with Gasteiger partial charge in [0.2, 0.25) is 0 Å². The average molecular weight is 198 g/mol. The summed E-state index contributed by atoms with van der Waals surface area (Å²) in [5.74, 6) is -0.441. The van der Waals surface area contributed by atoms with E-state index in [1.54, 1.807) is 18.7 Å². The fraction of sp³-hybridized carbons (Fsp3) is 0.333. The Morgan fingerprint density at radius 2 is 2.50 bits per heavy atom. The third kappa shape index (κ3) is 8.48. The summed E-state index contributed by atoms with van der Waals surface area (Å²) in [5, 5.41) is 8.23. The topological polar surface area (TPSA) is 75.2 Å². The summed E-state index contributed by atoms with van der Waals surface area (Å²) in [6.07, 6.45) is 6.66. The highest BCUT2D eigenvalue weighted by molar-refractivity contribution is 5.81. The molecular formula is C9H14N2O3. The maximum absolute atomic E-state index is 10.3. The zero-order valence-corrected chi connectivity index (χ0v) is 7.85. The van der Waals surface area contributed by atoms with Gasteiger partial charge >= 0.3 is 5.97 Å². The van der Waals surface area contributed by atoms with Crippen LogP contribution >= 0.6 is 0 Å². The minimum atomic E-state index is -0.441. The molecule has 0 aliphatic heterocycles. The number of ether oxygens (including phenoxy) is 1. The first-order valence-electron chi connectivity index (χ1n) is 4.14. The van der Waals surface area contributed by atoms with Crippen molar-refractivity contribution in [2.24, 2.45) is 0 Å². The van der Waals surface area contributed by atoms with Crippen LogP contribution in [0.4, 0.5) is 0 Å². The quantitative estimate of drug-likeness (QED) is 0.420. The molecule has 0 spiro atoms. The molecule has 1 aromatic heterocycles. The van der Waals surface area contributed by atoms with Crippen LogP contribution in [0.5, 0.6) is 0 Å². The number of H-pyrrole nitrogens is 1. The van der Waals surface area contributed by atoms with Gasteiger partial charge in [-0.25, -0.2) is 9.78 Å². The molecule has 1 rings (SSSR count). The second-order valence-electron chi connectivity index (χ2n) is 2.21. The molecular weight excluding hydrogens is 184 g/mol. The Morgan fingerprint density at radius 1 is 1.71 bits per heavy atom. The van der Waals surface area contributed by atoms with Gasteiger partial charge in [0.1, 0.15) is 0 Å². The number of aromatic amines is 1. The van der Waals surface area contributed by atoms with E-state index in [1.165, 1.54) is 0 Å². The number of nitrogens with zero attached hydrogens (tertiary/aromatic N) is 1. The summed E-state index contributed by atoms with van der Waals surface area (Å²) in [5.41, 5.74) is 0. The smallest absolute Gasteiger partial charge is 0.330 e. The lowest BCUT2D eigenvalue weighted by Crippen LogP contribution is -2.02. The number of rotatable bonds is 4. The van der Waals surface area contributed by atoms with Crippen LogP contribution in [0.15, 0.2) is 31.4 Å². The van der Waals surface area contributed by atoms with Crippen molar-refractivity contribution in [1.82, 2.24) is 9.97 Å². The number of hydrogen-bond acceptors (Lipinski definition) is 4. The van der Waals surface area contributed by atoms with E-state index < -0.39 is 5.97 Å². The molecule has 5 heteroatoms. The summed E-state index contributed by atoms with van der Waals surface area (Å²) >= 11 is 0. The molecule has 5 nitrogen and oxygen atoms in total. The molecule has 0 saturated carbocycles. The minimum Gasteiger partial charge on any atom is -0.462 e. The highest BCUT2D eigenvalue weighted by Gasteiger charge is 1.91. The Kier molecular flexibility index (Phi) is 8.37. The molecule has 0 saturated heterocycles. The van der Waals surface area contributed by atoms with Crippen LogP contribution in [-0.2, 0) is 9.53 Å². The number of aliphatic hydroxyl groups excluding tert-OH is 1. The Hall–Kier alpha value is -1.62. The molecule has 1 heterocycles. The van der Waals surface area contributed by atoms with Crippen molar-refractivity contribution in [2.45, 2.75) is 6.42 Å². The third-order valence-electron chi connectivity index (χ3n) is 1.12. The largest absolute Gasteiger partial charge is 0.462 e. The number of aliphatic hydroxyl groups is 1. The molecule has 0 aliphatic carbocycles. The number of carbonyl (C=O) groups excluding carboxylic acids is 1. The monoisotopic (exact) mass is 198 g/mol. The van der Waals surface area contributed by atoms with Gasteiger partial charge < -0.3 is 14.8 Å². The van der Waals surface area contributed by atoms with E-state index in [0.717, 1.165) is 6.08 Å². The second kappa shape index (κ2) is 9.47. The Morgan fingerprint density at radius 3 is 2.86 bits per heavy atom. The van der Waals surface area contributed by atoms with E-state index in [-0.39, 0.29) is 13.2 Å². The van der Waals surface area contributed by atoms with Crippen molar-refractivity contribution in [2.75, 3.05) is 13.2 Å². The molecule has 0 atom stereocenters. The van der Waals surface area contributed by atoms with Gasteiger partial charge in [0, 0.05) is 31.5 Å². The second-order valence-corrected chi connectivity index (χ2v) is 2.21. The van der Waals surface area contributed by atoms with E-state index in [9.17, 15) is 4.79 Å². The Bertz CT molecular complexity index is 217. The van der Waals surface area contributed by atoms with Gasteiger partial charge in [-0.15, -0.1) is 0 Å². The summed E-state index contributed by atoms with van der Waals surface area (Å²) in [6.45, 7) is 3.51. The Balaban J connectivity index is 0.000000280. The molecule has 2 N–H and O–H groups in total. The van der Waals surface area contributed by atoms with Crippen LogP contribution < -0.4 is 0 Å². The molecule has 0 aliphatic rings. The van der Waals surface area contributed by atoms with Crippen molar-refractivity contribution in [3.05, 3.63) is 31.4 Å². The van der Waals surface area contributed by atoms with Gasteiger partial charge in [0.05, 0.1) is 12.9 Å². The van der Waals surface area contributed by atoms with E-state index in [1.807, 2.05) is 0 Å². The maximum atomic E-state index is 10.3. The number of hydrogen-bond donors (Lipinski definition) is 2. The minimum absolute atomic E-state index is 0.0461. The summed E-state index contributed by atoms with van der Waals surface area (Å²) in [4.78, 5) is 16.7. The maximum Gasteiger partial charge on any atom is 0.330 e. The molecule has 0 bridgehead atoms. The first-order chi connectivity index (χ1) is 6.81. The zero-order valence-electron chi connectivity index (χ0n) is 7.85. The van der Waals surface area contributed by atoms with Crippen LogP contribution in [0, 0.1) is 0 Å².